The quantitative estimate of drug-likeness (QED) is 0.713. The van der Waals surface area contributed by atoms with Gasteiger partial charge >= 0.3 is 0 Å². The number of anilines is 1. The number of primary amides is 1. The topological polar surface area (TPSA) is 107 Å². The lowest BCUT2D eigenvalue weighted by atomic mass is 10.1. The lowest BCUT2D eigenvalue weighted by Gasteiger charge is -2.09. The van der Waals surface area contributed by atoms with Gasteiger partial charge in [0, 0.05) is 11.8 Å². The molecule has 4 rings (SSSR count). The summed E-state index contributed by atoms with van der Waals surface area (Å²) in [5.74, 6) is -1.32. The van der Waals surface area contributed by atoms with Crippen molar-refractivity contribution in [1.82, 2.24) is 0 Å². The summed E-state index contributed by atoms with van der Waals surface area (Å²) < 4.78 is 6.08. The molecule has 1 atom stereocenters. The van der Waals surface area contributed by atoms with Crippen LogP contribution in [0, 0.1) is 0 Å². The molecule has 0 bridgehead atoms. The minimum atomic E-state index is -0.819. The minimum absolute atomic E-state index is 0.108. The van der Waals surface area contributed by atoms with Crippen LogP contribution in [0.2, 0.25) is 4.34 Å². The molecule has 1 aliphatic rings. The molecule has 3 N–H and O–H groups in total. The van der Waals surface area contributed by atoms with Crippen LogP contribution in [-0.2, 0) is 9.63 Å². The number of thiophene rings is 1. The molecule has 0 spiro atoms. The molecule has 0 saturated heterocycles. The molecule has 132 valence electrons. The van der Waals surface area contributed by atoms with E-state index in [-0.39, 0.29) is 11.4 Å². The number of nitrogens with zero attached hydrogens (tertiary/aromatic N) is 1. The Bertz CT molecular complexity index is 1060. The fourth-order valence-electron chi connectivity index (χ4n) is 2.68. The van der Waals surface area contributed by atoms with Gasteiger partial charge in [0.2, 0.25) is 11.9 Å². The molecule has 1 aliphatic heterocycles. The zero-order chi connectivity index (χ0) is 18.3. The average Bonchev–Trinajstić information content (AvgIpc) is 3.33. The van der Waals surface area contributed by atoms with E-state index in [9.17, 15) is 9.59 Å². The molecule has 1 aromatic carbocycles. The van der Waals surface area contributed by atoms with Crippen molar-refractivity contribution < 1.29 is 18.8 Å². The maximum Gasteiger partial charge on any atom is 0.286 e. The van der Waals surface area contributed by atoms with Crippen LogP contribution in [0.3, 0.4) is 0 Å². The largest absolute Gasteiger partial charge is 0.449 e. The lowest BCUT2D eigenvalue weighted by molar-refractivity contribution is -0.125. The number of fused-ring (bicyclic) bond motifs is 1. The first kappa shape index (κ1) is 16.6. The Kier molecular flexibility index (Phi) is 4.14. The summed E-state index contributed by atoms with van der Waals surface area (Å²) in [5, 5.41) is 7.23. The number of carbonyl (C=O) groups is 2. The van der Waals surface area contributed by atoms with Crippen LogP contribution in [0.5, 0.6) is 0 Å². The smallest absolute Gasteiger partial charge is 0.286 e. The van der Waals surface area contributed by atoms with Crippen LogP contribution >= 0.6 is 22.9 Å². The summed E-state index contributed by atoms with van der Waals surface area (Å²) in [4.78, 5) is 30.3. The van der Waals surface area contributed by atoms with E-state index in [0.29, 0.717) is 27.4 Å². The van der Waals surface area contributed by atoms with Gasteiger partial charge in [-0.15, -0.1) is 11.3 Å². The van der Waals surface area contributed by atoms with E-state index < -0.39 is 17.9 Å². The van der Waals surface area contributed by atoms with Crippen molar-refractivity contribution in [2.45, 2.75) is 12.5 Å². The molecule has 0 aliphatic carbocycles. The zero-order valence-electron chi connectivity index (χ0n) is 13.2. The molecule has 2 aromatic heterocycles. The van der Waals surface area contributed by atoms with Crippen molar-refractivity contribution in [3.8, 4) is 0 Å². The van der Waals surface area contributed by atoms with Gasteiger partial charge in [-0.2, -0.15) is 0 Å². The standard InChI is InChI=1S/C17H12ClN3O4S/c18-13-6-5-12(26-13)9-7-11(25-21-9)17(23)20-14-8-3-1-2-4-10(8)24-15(14)16(19)22/h1-6,11H,7H2,(H2,19,22)(H,20,23). The first-order chi connectivity index (χ1) is 12.5. The molecule has 0 radical (unpaired) electrons. The molecule has 9 heteroatoms. The number of halogens is 1. The van der Waals surface area contributed by atoms with E-state index in [1.54, 1.807) is 30.3 Å². The van der Waals surface area contributed by atoms with Crippen molar-refractivity contribution in [2.24, 2.45) is 10.9 Å². The summed E-state index contributed by atoms with van der Waals surface area (Å²) in [7, 11) is 0. The molecule has 7 nitrogen and oxygen atoms in total. The summed E-state index contributed by atoms with van der Waals surface area (Å²) in [6, 6.07) is 10.5. The molecule has 3 aromatic rings. The van der Waals surface area contributed by atoms with Gasteiger partial charge in [0.05, 0.1) is 9.21 Å². The lowest BCUT2D eigenvalue weighted by Crippen LogP contribution is -2.28. The van der Waals surface area contributed by atoms with Gasteiger partial charge in [-0.25, -0.2) is 0 Å². The van der Waals surface area contributed by atoms with E-state index in [2.05, 4.69) is 10.5 Å². The van der Waals surface area contributed by atoms with Gasteiger partial charge in [-0.3, -0.25) is 9.59 Å². The minimum Gasteiger partial charge on any atom is -0.449 e. The Balaban J connectivity index is 1.55. The van der Waals surface area contributed by atoms with E-state index in [1.165, 1.54) is 11.3 Å². The number of furan rings is 1. The Morgan fingerprint density at radius 1 is 1.27 bits per heavy atom. The molecular formula is C17H12ClN3O4S. The predicted octanol–water partition coefficient (Wildman–Crippen LogP) is 3.38. The second-order valence-electron chi connectivity index (χ2n) is 5.60. The molecule has 2 amide bonds. The van der Waals surface area contributed by atoms with E-state index in [4.69, 9.17) is 26.6 Å². The van der Waals surface area contributed by atoms with E-state index in [1.807, 2.05) is 6.07 Å². The Labute approximate surface area is 156 Å². The number of nitrogens with one attached hydrogen (secondary N) is 1. The number of rotatable bonds is 4. The first-order valence-corrected chi connectivity index (χ1v) is 8.83. The van der Waals surface area contributed by atoms with Crippen LogP contribution in [0.15, 0.2) is 46.0 Å². The van der Waals surface area contributed by atoms with Gasteiger partial charge in [0.1, 0.15) is 17.0 Å². The van der Waals surface area contributed by atoms with Gasteiger partial charge < -0.3 is 20.3 Å². The molecule has 26 heavy (non-hydrogen) atoms. The Morgan fingerprint density at radius 2 is 2.08 bits per heavy atom. The highest BCUT2D eigenvalue weighted by Crippen LogP contribution is 2.32. The number of nitrogens with two attached hydrogens (primary N) is 1. The summed E-state index contributed by atoms with van der Waals surface area (Å²) in [6.45, 7) is 0. The Morgan fingerprint density at radius 3 is 2.81 bits per heavy atom. The molecule has 0 saturated carbocycles. The normalized spacial score (nSPS) is 16.3. The third-order valence-electron chi connectivity index (χ3n) is 3.89. The second kappa shape index (κ2) is 6.47. The average molecular weight is 390 g/mol. The highest BCUT2D eigenvalue weighted by molar-refractivity contribution is 7.18. The summed E-state index contributed by atoms with van der Waals surface area (Å²) in [6.07, 6.45) is -0.523. The SMILES string of the molecule is NC(=O)c1oc2ccccc2c1NC(=O)C1CC(c2ccc(Cl)s2)=NO1. The molecule has 1 unspecified atom stereocenters. The van der Waals surface area contributed by atoms with Gasteiger partial charge in [0.15, 0.2) is 0 Å². The summed E-state index contributed by atoms with van der Waals surface area (Å²) in [5.41, 5.74) is 6.69. The fraction of sp³-hybridized carbons (Fsp3) is 0.118. The van der Waals surface area contributed by atoms with Crippen molar-refractivity contribution >= 4 is 57.1 Å². The van der Waals surface area contributed by atoms with E-state index in [0.717, 1.165) is 4.88 Å². The molecule has 3 heterocycles. The number of carbonyl (C=O) groups excluding carboxylic acids is 2. The monoisotopic (exact) mass is 389 g/mol. The second-order valence-corrected chi connectivity index (χ2v) is 7.31. The third kappa shape index (κ3) is 2.93. The van der Waals surface area contributed by atoms with Crippen LogP contribution in [0.25, 0.3) is 11.0 Å². The maximum absolute atomic E-state index is 12.6. The number of para-hydroxylation sites is 1. The van der Waals surface area contributed by atoms with Crippen LogP contribution < -0.4 is 11.1 Å². The van der Waals surface area contributed by atoms with Crippen molar-refractivity contribution in [2.75, 3.05) is 5.32 Å². The third-order valence-corrected chi connectivity index (χ3v) is 5.17. The van der Waals surface area contributed by atoms with Crippen LogP contribution in [-0.4, -0.2) is 23.6 Å². The van der Waals surface area contributed by atoms with Crippen molar-refractivity contribution in [3.05, 3.63) is 51.4 Å². The highest BCUT2D eigenvalue weighted by Gasteiger charge is 2.31. The van der Waals surface area contributed by atoms with Crippen LogP contribution in [0.4, 0.5) is 5.69 Å². The number of amides is 2. The zero-order valence-corrected chi connectivity index (χ0v) is 14.8. The van der Waals surface area contributed by atoms with Gasteiger partial charge in [0.25, 0.3) is 11.8 Å². The fourth-order valence-corrected chi connectivity index (χ4v) is 3.71. The maximum atomic E-state index is 12.6. The van der Waals surface area contributed by atoms with E-state index >= 15 is 0 Å². The predicted molar refractivity (Wildman–Crippen MR) is 98.7 cm³/mol. The highest BCUT2D eigenvalue weighted by atomic mass is 35.5. The number of benzene rings is 1. The van der Waals surface area contributed by atoms with Crippen molar-refractivity contribution in [3.63, 3.8) is 0 Å². The number of hydrogen-bond donors (Lipinski definition) is 2. The van der Waals surface area contributed by atoms with Gasteiger partial charge in [-0.1, -0.05) is 28.9 Å². The Hall–Kier alpha value is -2.84. The number of hydrogen-bond acceptors (Lipinski definition) is 6. The van der Waals surface area contributed by atoms with Crippen molar-refractivity contribution in [1.29, 1.82) is 0 Å². The first-order valence-electron chi connectivity index (χ1n) is 7.63. The van der Waals surface area contributed by atoms with Gasteiger partial charge in [-0.05, 0) is 24.3 Å². The molecular weight excluding hydrogens is 378 g/mol. The van der Waals surface area contributed by atoms with Crippen LogP contribution in [0.1, 0.15) is 21.9 Å². The molecule has 0 fully saturated rings. The summed E-state index contributed by atoms with van der Waals surface area (Å²) >= 11 is 7.28. The number of oxime groups is 1.